The molecule has 2 aliphatic heterocycles. The van der Waals surface area contributed by atoms with Crippen LogP contribution in [0.1, 0.15) is 43.7 Å². The number of nitrogens with one attached hydrogen (secondary N) is 1. The molecule has 0 aliphatic carbocycles. The number of imidazole rings is 1. The van der Waals surface area contributed by atoms with E-state index in [1.54, 1.807) is 0 Å². The summed E-state index contributed by atoms with van der Waals surface area (Å²) in [4.78, 5) is 22.5. The molecule has 8 nitrogen and oxygen atoms in total. The van der Waals surface area contributed by atoms with E-state index in [1.807, 2.05) is 48.2 Å². The molecule has 232 valence electrons. The lowest BCUT2D eigenvalue weighted by Gasteiger charge is -2.36. The summed E-state index contributed by atoms with van der Waals surface area (Å²) in [6.45, 7) is 9.04. The van der Waals surface area contributed by atoms with Crippen molar-refractivity contribution in [1.29, 1.82) is 0 Å². The molecule has 0 bridgehead atoms. The van der Waals surface area contributed by atoms with E-state index in [0.717, 1.165) is 87.6 Å². The van der Waals surface area contributed by atoms with Gasteiger partial charge in [-0.1, -0.05) is 72.8 Å². The number of benzene rings is 3. The first-order valence-electron chi connectivity index (χ1n) is 16.2. The molecular formula is C36H45N5O3. The van der Waals surface area contributed by atoms with Crippen LogP contribution < -0.4 is 5.32 Å². The Hall–Kier alpha value is -3.88. The van der Waals surface area contributed by atoms with Crippen molar-refractivity contribution in [3.63, 3.8) is 0 Å². The van der Waals surface area contributed by atoms with Gasteiger partial charge in [0.15, 0.2) is 0 Å². The van der Waals surface area contributed by atoms with Gasteiger partial charge in [-0.15, -0.1) is 0 Å². The van der Waals surface area contributed by atoms with Crippen LogP contribution >= 0.6 is 0 Å². The molecule has 8 heteroatoms. The molecule has 0 saturated carbocycles. The number of piperidine rings is 1. The summed E-state index contributed by atoms with van der Waals surface area (Å²) in [5.41, 5.74) is 4.43. The van der Waals surface area contributed by atoms with Crippen molar-refractivity contribution in [2.24, 2.45) is 0 Å². The Morgan fingerprint density at radius 1 is 0.932 bits per heavy atom. The van der Waals surface area contributed by atoms with Gasteiger partial charge in [-0.05, 0) is 62.4 Å². The second-order valence-corrected chi connectivity index (χ2v) is 12.1. The molecule has 3 aromatic carbocycles. The van der Waals surface area contributed by atoms with E-state index in [-0.39, 0.29) is 11.5 Å². The van der Waals surface area contributed by atoms with Crippen LogP contribution in [0.5, 0.6) is 0 Å². The number of ether oxygens (including phenoxy) is 2. The molecule has 1 atom stereocenters. The first-order chi connectivity index (χ1) is 21.6. The minimum absolute atomic E-state index is 0.0620. The molecule has 1 N–H and O–H groups in total. The number of para-hydroxylation sites is 2. The average molecular weight is 596 g/mol. The van der Waals surface area contributed by atoms with Crippen LogP contribution in [0.15, 0.2) is 84.9 Å². The fraction of sp³-hybridized carbons (Fsp3) is 0.444. The van der Waals surface area contributed by atoms with Crippen LogP contribution in [-0.4, -0.2) is 77.4 Å². The van der Waals surface area contributed by atoms with E-state index >= 15 is 0 Å². The van der Waals surface area contributed by atoms with Gasteiger partial charge in [-0.25, -0.2) is 9.78 Å². The monoisotopic (exact) mass is 595 g/mol. The van der Waals surface area contributed by atoms with E-state index in [1.165, 1.54) is 5.56 Å². The number of fused-ring (bicyclic) bond motifs is 1. The second-order valence-electron chi connectivity index (χ2n) is 12.1. The number of nitrogens with zero attached hydrogens (tertiary/aromatic N) is 4. The maximum Gasteiger partial charge on any atom is 0.410 e. The Morgan fingerprint density at radius 3 is 2.43 bits per heavy atom. The van der Waals surface area contributed by atoms with Crippen molar-refractivity contribution in [1.82, 2.24) is 19.4 Å². The average Bonchev–Trinajstić information content (AvgIpc) is 3.67. The smallest absolute Gasteiger partial charge is 0.410 e. The quantitative estimate of drug-likeness (QED) is 0.193. The van der Waals surface area contributed by atoms with Gasteiger partial charge in [0.1, 0.15) is 6.61 Å². The van der Waals surface area contributed by atoms with Gasteiger partial charge in [-0.2, -0.15) is 0 Å². The number of aromatic nitrogens is 2. The lowest BCUT2D eigenvalue weighted by atomic mass is 9.76. The largest absolute Gasteiger partial charge is 0.445 e. The maximum absolute atomic E-state index is 13.1. The molecular weight excluding hydrogens is 550 g/mol. The molecule has 44 heavy (non-hydrogen) atoms. The number of rotatable bonds is 12. The fourth-order valence-electron chi connectivity index (χ4n) is 6.78. The molecule has 0 radical (unpaired) electrons. The predicted octanol–water partition coefficient (Wildman–Crippen LogP) is 6.32. The minimum atomic E-state index is -0.217. The zero-order valence-corrected chi connectivity index (χ0v) is 25.9. The summed E-state index contributed by atoms with van der Waals surface area (Å²) in [7, 11) is 0. The lowest BCUT2D eigenvalue weighted by molar-refractivity contribution is 0.101. The van der Waals surface area contributed by atoms with Crippen LogP contribution in [0.2, 0.25) is 0 Å². The van der Waals surface area contributed by atoms with Crippen molar-refractivity contribution in [2.45, 2.75) is 57.2 Å². The minimum Gasteiger partial charge on any atom is -0.445 e. The van der Waals surface area contributed by atoms with Gasteiger partial charge in [0.05, 0.1) is 17.6 Å². The molecule has 4 aromatic rings. The van der Waals surface area contributed by atoms with Gasteiger partial charge >= 0.3 is 6.09 Å². The van der Waals surface area contributed by atoms with E-state index in [2.05, 4.69) is 63.3 Å². The molecule has 2 saturated heterocycles. The Labute approximate surface area is 261 Å². The van der Waals surface area contributed by atoms with Gasteiger partial charge in [0.2, 0.25) is 5.95 Å². The maximum atomic E-state index is 13.1. The third kappa shape index (κ3) is 7.08. The first kappa shape index (κ1) is 30.2. The van der Waals surface area contributed by atoms with Crippen LogP contribution in [0.3, 0.4) is 0 Å². The summed E-state index contributed by atoms with van der Waals surface area (Å²) in [5.74, 6) is 0.942. The Kier molecular flexibility index (Phi) is 9.78. The summed E-state index contributed by atoms with van der Waals surface area (Å²) in [6.07, 6.45) is 3.90. The molecule has 1 aromatic heterocycles. The standard InChI is InChI=1S/C36H45N5O3/c1-2-43-26-25-41-33-16-10-9-15-32(33)38-34(41)37-31-17-21-39(22-18-31)23-19-36(30-13-7-4-8-14-30)20-24-40(28-36)35(42)44-27-29-11-5-3-6-12-29/h3-16,31H,2,17-28H2,1H3,(H,37,38). The SMILES string of the molecule is CCOCCn1c(NC2CCN(CCC3(c4ccccc4)CCN(C(=O)OCc4ccccc4)C3)CC2)nc2ccccc21. The summed E-state index contributed by atoms with van der Waals surface area (Å²) < 4.78 is 13.6. The normalized spacial score (nSPS) is 19.4. The van der Waals surface area contributed by atoms with Gasteiger partial charge in [-0.3, -0.25) is 0 Å². The molecule has 1 unspecified atom stereocenters. The molecule has 2 aliphatic rings. The highest BCUT2D eigenvalue weighted by atomic mass is 16.6. The Balaban J connectivity index is 1.05. The number of amides is 1. The van der Waals surface area contributed by atoms with Crippen molar-refractivity contribution < 1.29 is 14.3 Å². The van der Waals surface area contributed by atoms with Crippen LogP contribution in [-0.2, 0) is 28.0 Å². The second kappa shape index (κ2) is 14.3. The first-order valence-corrected chi connectivity index (χ1v) is 16.2. The third-order valence-electron chi connectivity index (χ3n) is 9.35. The molecule has 3 heterocycles. The number of likely N-dealkylation sites (tertiary alicyclic amines) is 2. The Morgan fingerprint density at radius 2 is 1.66 bits per heavy atom. The molecule has 0 spiro atoms. The third-order valence-corrected chi connectivity index (χ3v) is 9.35. The van der Waals surface area contributed by atoms with Gasteiger partial charge < -0.3 is 29.2 Å². The molecule has 1 amide bonds. The number of hydrogen-bond acceptors (Lipinski definition) is 6. The highest BCUT2D eigenvalue weighted by molar-refractivity contribution is 5.78. The van der Waals surface area contributed by atoms with Crippen molar-refractivity contribution in [3.05, 3.63) is 96.1 Å². The summed E-state index contributed by atoms with van der Waals surface area (Å²) in [6, 6.07) is 29.4. The number of carbonyl (C=O) groups is 1. The highest BCUT2D eigenvalue weighted by Gasteiger charge is 2.42. The summed E-state index contributed by atoms with van der Waals surface area (Å²) >= 11 is 0. The van der Waals surface area contributed by atoms with Crippen molar-refractivity contribution in [3.8, 4) is 0 Å². The lowest BCUT2D eigenvalue weighted by Crippen LogP contribution is -2.42. The van der Waals surface area contributed by atoms with Gasteiger partial charge in [0, 0.05) is 50.8 Å². The van der Waals surface area contributed by atoms with Crippen LogP contribution in [0.25, 0.3) is 11.0 Å². The fourth-order valence-corrected chi connectivity index (χ4v) is 6.78. The van der Waals surface area contributed by atoms with E-state index in [4.69, 9.17) is 14.5 Å². The number of anilines is 1. The molecule has 6 rings (SSSR count). The van der Waals surface area contributed by atoms with Crippen molar-refractivity contribution >= 4 is 23.1 Å². The van der Waals surface area contributed by atoms with E-state index in [9.17, 15) is 4.79 Å². The summed E-state index contributed by atoms with van der Waals surface area (Å²) in [5, 5.41) is 3.77. The van der Waals surface area contributed by atoms with E-state index in [0.29, 0.717) is 25.8 Å². The van der Waals surface area contributed by atoms with E-state index < -0.39 is 0 Å². The van der Waals surface area contributed by atoms with Crippen LogP contribution in [0, 0.1) is 0 Å². The highest BCUT2D eigenvalue weighted by Crippen LogP contribution is 2.38. The number of carbonyl (C=O) groups excluding carboxylic acids is 1. The van der Waals surface area contributed by atoms with Gasteiger partial charge in [0.25, 0.3) is 0 Å². The zero-order valence-electron chi connectivity index (χ0n) is 25.9. The topological polar surface area (TPSA) is 71.9 Å². The molecule has 2 fully saturated rings. The Bertz CT molecular complexity index is 1490. The van der Waals surface area contributed by atoms with Crippen molar-refractivity contribution in [2.75, 3.05) is 51.3 Å². The predicted molar refractivity (Wildman–Crippen MR) is 175 cm³/mol. The van der Waals surface area contributed by atoms with Crippen LogP contribution in [0.4, 0.5) is 10.7 Å². The zero-order chi connectivity index (χ0) is 30.2. The number of hydrogen-bond donors (Lipinski definition) is 1.